The highest BCUT2D eigenvalue weighted by atomic mass is 16.5. The second-order valence-corrected chi connectivity index (χ2v) is 11.2. The number of amides is 3. The van der Waals surface area contributed by atoms with Gasteiger partial charge >= 0.3 is 6.09 Å². The third-order valence-corrected chi connectivity index (χ3v) is 8.12. The summed E-state index contributed by atoms with van der Waals surface area (Å²) < 4.78 is 11.0. The van der Waals surface area contributed by atoms with E-state index in [1.807, 2.05) is 103 Å². The Morgan fingerprint density at radius 3 is 2.07 bits per heavy atom. The highest BCUT2D eigenvalue weighted by Gasteiger charge is 2.33. The molecule has 9 nitrogen and oxygen atoms in total. The van der Waals surface area contributed by atoms with Crippen LogP contribution in [0.2, 0.25) is 0 Å². The van der Waals surface area contributed by atoms with E-state index in [0.29, 0.717) is 37.4 Å². The lowest BCUT2D eigenvalue weighted by molar-refractivity contribution is -0.118. The fraction of sp³-hybridized carbons (Fsp3) is 0.270. The van der Waals surface area contributed by atoms with Gasteiger partial charge in [0.15, 0.2) is 0 Å². The van der Waals surface area contributed by atoms with Gasteiger partial charge in [0.2, 0.25) is 5.91 Å². The van der Waals surface area contributed by atoms with Gasteiger partial charge in [0.1, 0.15) is 6.04 Å². The smallest absolute Gasteiger partial charge is 0.407 e. The molecular formula is C37H40N4O5. The molecule has 238 valence electrons. The average molecular weight is 621 g/mol. The van der Waals surface area contributed by atoms with Crippen LogP contribution >= 0.6 is 0 Å². The van der Waals surface area contributed by atoms with E-state index in [2.05, 4.69) is 21.3 Å². The molecule has 1 fully saturated rings. The van der Waals surface area contributed by atoms with Gasteiger partial charge in [0, 0.05) is 36.3 Å². The summed E-state index contributed by atoms with van der Waals surface area (Å²) in [5.74, 6) is -0.918. The molecule has 4 N–H and O–H groups in total. The number of morpholine rings is 1. The van der Waals surface area contributed by atoms with Crippen LogP contribution in [0.3, 0.4) is 0 Å². The lowest BCUT2D eigenvalue weighted by atomic mass is 9.84. The number of carbonyl (C=O) groups excluding carboxylic acids is 3. The molecule has 1 aliphatic rings. The Hall–Kier alpha value is -4.99. The van der Waals surface area contributed by atoms with Crippen molar-refractivity contribution in [3.05, 3.63) is 138 Å². The molecular weight excluding hydrogens is 580 g/mol. The van der Waals surface area contributed by atoms with Crippen molar-refractivity contribution in [3.8, 4) is 0 Å². The Morgan fingerprint density at radius 2 is 1.46 bits per heavy atom. The van der Waals surface area contributed by atoms with Gasteiger partial charge in [0.05, 0.1) is 19.8 Å². The number of ether oxygens (including phenoxy) is 2. The van der Waals surface area contributed by atoms with E-state index >= 15 is 0 Å². The van der Waals surface area contributed by atoms with Crippen molar-refractivity contribution in [2.75, 3.05) is 32.1 Å². The van der Waals surface area contributed by atoms with E-state index in [1.165, 1.54) is 7.11 Å². The summed E-state index contributed by atoms with van der Waals surface area (Å²) in [5.41, 5.74) is 4.04. The summed E-state index contributed by atoms with van der Waals surface area (Å²) in [6, 6.07) is 35.2. The van der Waals surface area contributed by atoms with E-state index in [4.69, 9.17) is 9.47 Å². The zero-order chi connectivity index (χ0) is 32.1. The minimum absolute atomic E-state index is 0.0147. The normalized spacial score (nSPS) is 16.7. The molecule has 0 bridgehead atoms. The maximum Gasteiger partial charge on any atom is 0.407 e. The van der Waals surface area contributed by atoms with E-state index in [9.17, 15) is 14.4 Å². The number of hydrogen-bond donors (Lipinski definition) is 4. The van der Waals surface area contributed by atoms with Gasteiger partial charge in [-0.15, -0.1) is 0 Å². The Labute approximate surface area is 269 Å². The van der Waals surface area contributed by atoms with Gasteiger partial charge in [-0.2, -0.15) is 0 Å². The van der Waals surface area contributed by atoms with Crippen LogP contribution in [0.25, 0.3) is 0 Å². The fourth-order valence-electron chi connectivity index (χ4n) is 5.66. The van der Waals surface area contributed by atoms with Gasteiger partial charge in [-0.3, -0.25) is 9.59 Å². The topological polar surface area (TPSA) is 118 Å². The third kappa shape index (κ3) is 8.80. The molecule has 0 radical (unpaired) electrons. The van der Waals surface area contributed by atoms with Crippen LogP contribution in [0.1, 0.15) is 39.4 Å². The SMILES string of the molecule is COC(=O)NC(C(=O)Nc1ccccc1CC[C@@H]1CN[C@H](CNC(=O)c2ccccc2)CO1)C(c1ccccc1)c1ccccc1. The number of methoxy groups -OCH3 is 1. The van der Waals surface area contributed by atoms with Crippen molar-refractivity contribution in [3.63, 3.8) is 0 Å². The first kappa shape index (κ1) is 32.4. The Balaban J connectivity index is 1.22. The summed E-state index contributed by atoms with van der Waals surface area (Å²) >= 11 is 0. The Bertz CT molecular complexity index is 1520. The average Bonchev–Trinajstić information content (AvgIpc) is 3.11. The molecule has 46 heavy (non-hydrogen) atoms. The largest absolute Gasteiger partial charge is 0.453 e. The first-order valence-electron chi connectivity index (χ1n) is 15.5. The minimum Gasteiger partial charge on any atom is -0.453 e. The summed E-state index contributed by atoms with van der Waals surface area (Å²) in [7, 11) is 1.28. The molecule has 0 aromatic heterocycles. The summed E-state index contributed by atoms with van der Waals surface area (Å²) in [6.07, 6.45) is 0.710. The number of hydrogen-bond acceptors (Lipinski definition) is 6. The number of para-hydroxylation sites is 1. The maximum absolute atomic E-state index is 14.0. The van der Waals surface area contributed by atoms with Gasteiger partial charge in [0.25, 0.3) is 5.91 Å². The van der Waals surface area contributed by atoms with Crippen LogP contribution in [-0.4, -0.2) is 62.9 Å². The highest BCUT2D eigenvalue weighted by molar-refractivity contribution is 5.98. The van der Waals surface area contributed by atoms with E-state index in [-0.39, 0.29) is 24.0 Å². The number of anilines is 1. The van der Waals surface area contributed by atoms with Crippen LogP contribution in [0.4, 0.5) is 10.5 Å². The predicted molar refractivity (Wildman–Crippen MR) is 178 cm³/mol. The van der Waals surface area contributed by atoms with Gasteiger partial charge in [-0.05, 0) is 47.7 Å². The second-order valence-electron chi connectivity index (χ2n) is 11.2. The maximum atomic E-state index is 14.0. The monoisotopic (exact) mass is 620 g/mol. The molecule has 4 aromatic rings. The summed E-state index contributed by atoms with van der Waals surface area (Å²) in [4.78, 5) is 38.9. The zero-order valence-corrected chi connectivity index (χ0v) is 25.9. The number of benzene rings is 4. The molecule has 0 saturated carbocycles. The highest BCUT2D eigenvalue weighted by Crippen LogP contribution is 2.30. The lowest BCUT2D eigenvalue weighted by Gasteiger charge is -2.31. The molecule has 1 saturated heterocycles. The molecule has 1 unspecified atom stereocenters. The molecule has 3 atom stereocenters. The Kier molecular flexibility index (Phi) is 11.5. The van der Waals surface area contributed by atoms with Gasteiger partial charge in [-0.1, -0.05) is 97.1 Å². The van der Waals surface area contributed by atoms with E-state index < -0.39 is 18.1 Å². The number of carbonyl (C=O) groups is 3. The molecule has 1 heterocycles. The van der Waals surface area contributed by atoms with Crippen LogP contribution in [0.5, 0.6) is 0 Å². The van der Waals surface area contributed by atoms with Gasteiger partial charge < -0.3 is 30.7 Å². The van der Waals surface area contributed by atoms with Crippen molar-refractivity contribution in [1.29, 1.82) is 0 Å². The molecule has 3 amide bonds. The molecule has 5 rings (SSSR count). The third-order valence-electron chi connectivity index (χ3n) is 8.12. The number of rotatable bonds is 12. The van der Waals surface area contributed by atoms with Crippen molar-refractivity contribution in [1.82, 2.24) is 16.0 Å². The molecule has 0 spiro atoms. The van der Waals surface area contributed by atoms with Crippen LogP contribution in [0.15, 0.2) is 115 Å². The fourth-order valence-corrected chi connectivity index (χ4v) is 5.66. The zero-order valence-electron chi connectivity index (χ0n) is 25.9. The predicted octanol–water partition coefficient (Wildman–Crippen LogP) is 4.90. The number of nitrogens with one attached hydrogen (secondary N) is 4. The molecule has 0 aliphatic carbocycles. The van der Waals surface area contributed by atoms with Crippen LogP contribution < -0.4 is 21.3 Å². The van der Waals surface area contributed by atoms with E-state index in [0.717, 1.165) is 23.1 Å². The minimum atomic E-state index is -0.949. The molecule has 1 aliphatic heterocycles. The van der Waals surface area contributed by atoms with Crippen LogP contribution in [-0.2, 0) is 20.7 Å². The van der Waals surface area contributed by atoms with E-state index in [1.54, 1.807) is 12.1 Å². The molecule has 4 aromatic carbocycles. The first-order valence-corrected chi connectivity index (χ1v) is 15.5. The lowest BCUT2D eigenvalue weighted by Crippen LogP contribution is -2.51. The van der Waals surface area contributed by atoms with Crippen LogP contribution in [0, 0.1) is 0 Å². The summed E-state index contributed by atoms with van der Waals surface area (Å²) in [6.45, 7) is 1.61. The van der Waals surface area contributed by atoms with Crippen molar-refractivity contribution in [2.45, 2.75) is 36.9 Å². The standard InChI is InChI=1S/C37H40N4O5/c1-45-37(44)41-34(33(27-14-5-2-6-15-27)28-16-7-3-8-17-28)36(43)40-32-20-12-11-13-26(32)21-22-31-24-38-30(25-46-31)23-39-35(42)29-18-9-4-10-19-29/h2-20,30-31,33-34,38H,21-25H2,1H3,(H,39,42)(H,40,43)(H,41,44)/t30-,31-,34?/m1/s1. The van der Waals surface area contributed by atoms with Gasteiger partial charge in [-0.25, -0.2) is 4.79 Å². The number of alkyl carbamates (subject to hydrolysis) is 1. The summed E-state index contributed by atoms with van der Waals surface area (Å²) in [5, 5.41) is 12.3. The number of aryl methyl sites for hydroxylation is 1. The van der Waals surface area contributed by atoms with Crippen molar-refractivity contribution < 1.29 is 23.9 Å². The quantitative estimate of drug-likeness (QED) is 0.179. The van der Waals surface area contributed by atoms with Crippen molar-refractivity contribution >= 4 is 23.6 Å². The Morgan fingerprint density at radius 1 is 0.848 bits per heavy atom. The first-order chi connectivity index (χ1) is 22.5. The molecule has 9 heteroatoms. The van der Waals surface area contributed by atoms with Crippen molar-refractivity contribution in [2.24, 2.45) is 0 Å². The second kappa shape index (κ2) is 16.4.